The van der Waals surface area contributed by atoms with Gasteiger partial charge in [0.1, 0.15) is 22.5 Å². The number of nitrogens with two attached hydrogens (primary N) is 1. The Morgan fingerprint density at radius 2 is 1.75 bits per heavy atom. The van der Waals surface area contributed by atoms with Gasteiger partial charge in [-0.3, -0.25) is 0 Å². The second-order valence-corrected chi connectivity index (χ2v) is 7.74. The van der Waals surface area contributed by atoms with Gasteiger partial charge >= 0.3 is 5.63 Å². The van der Waals surface area contributed by atoms with Gasteiger partial charge in [0.15, 0.2) is 5.82 Å². The Morgan fingerprint density at radius 1 is 1.04 bits per heavy atom. The van der Waals surface area contributed by atoms with Gasteiger partial charge < -0.3 is 14.9 Å². The van der Waals surface area contributed by atoms with Crippen LogP contribution in [0.2, 0.25) is 0 Å². The van der Waals surface area contributed by atoms with E-state index in [1.807, 2.05) is 12.1 Å². The Hall–Kier alpha value is -3.41. The summed E-state index contributed by atoms with van der Waals surface area (Å²) < 4.78 is 10.6. The van der Waals surface area contributed by atoms with Crippen LogP contribution in [0.3, 0.4) is 0 Å². The minimum Gasteiger partial charge on any atom is -0.497 e. The molecule has 0 fully saturated rings. The van der Waals surface area contributed by atoms with Crippen molar-refractivity contribution in [2.45, 2.75) is 26.2 Å². The molecule has 28 heavy (non-hydrogen) atoms. The number of nitrogen functional groups attached to an aromatic ring is 1. The summed E-state index contributed by atoms with van der Waals surface area (Å²) in [6, 6.07) is 13.3. The molecule has 0 spiro atoms. The van der Waals surface area contributed by atoms with Gasteiger partial charge in [0.2, 0.25) is 0 Å². The summed E-state index contributed by atoms with van der Waals surface area (Å²) in [7, 11) is 1.56. The van der Waals surface area contributed by atoms with Gasteiger partial charge in [-0.2, -0.15) is 0 Å². The SMILES string of the molecule is COc1ccc2c(c1)oc(=O)c1c(N)nc(-c3ccc(C(C)(C)C)cc3)nc12. The molecule has 0 bridgehead atoms. The van der Waals surface area contributed by atoms with Crippen molar-refractivity contribution in [2.24, 2.45) is 0 Å². The summed E-state index contributed by atoms with van der Waals surface area (Å²) in [6.45, 7) is 6.48. The Kier molecular flexibility index (Phi) is 4.07. The second kappa shape index (κ2) is 6.34. The molecule has 0 amide bonds. The van der Waals surface area contributed by atoms with Crippen LogP contribution in [-0.2, 0) is 5.41 Å². The number of methoxy groups -OCH3 is 1. The van der Waals surface area contributed by atoms with E-state index in [2.05, 4.69) is 42.9 Å². The van der Waals surface area contributed by atoms with Crippen LogP contribution in [0, 0.1) is 0 Å². The molecule has 0 radical (unpaired) electrons. The summed E-state index contributed by atoms with van der Waals surface area (Å²) in [5.74, 6) is 1.16. The molecule has 2 N–H and O–H groups in total. The number of rotatable bonds is 2. The first kappa shape index (κ1) is 18.0. The van der Waals surface area contributed by atoms with E-state index in [1.165, 1.54) is 5.56 Å². The van der Waals surface area contributed by atoms with Crippen molar-refractivity contribution in [1.82, 2.24) is 9.97 Å². The number of ether oxygens (including phenoxy) is 1. The lowest BCUT2D eigenvalue weighted by Crippen LogP contribution is -2.11. The third-order valence-corrected chi connectivity index (χ3v) is 4.80. The molecule has 6 nitrogen and oxygen atoms in total. The van der Waals surface area contributed by atoms with Gasteiger partial charge in [-0.05, 0) is 23.1 Å². The highest BCUT2D eigenvalue weighted by Crippen LogP contribution is 2.30. The van der Waals surface area contributed by atoms with Crippen molar-refractivity contribution in [2.75, 3.05) is 12.8 Å². The minimum atomic E-state index is -0.567. The normalized spacial score (nSPS) is 11.9. The van der Waals surface area contributed by atoms with E-state index in [0.717, 1.165) is 5.56 Å². The molecule has 0 atom stereocenters. The molecule has 2 aromatic carbocycles. The molecular weight excluding hydrogens is 354 g/mol. The lowest BCUT2D eigenvalue weighted by atomic mass is 9.87. The van der Waals surface area contributed by atoms with E-state index >= 15 is 0 Å². The van der Waals surface area contributed by atoms with E-state index in [1.54, 1.807) is 25.3 Å². The Balaban J connectivity index is 1.96. The van der Waals surface area contributed by atoms with Crippen LogP contribution in [0.15, 0.2) is 51.7 Å². The number of hydrogen-bond acceptors (Lipinski definition) is 6. The maximum atomic E-state index is 12.4. The van der Waals surface area contributed by atoms with Crippen LogP contribution in [0.25, 0.3) is 33.3 Å². The summed E-state index contributed by atoms with van der Waals surface area (Å²) in [4.78, 5) is 21.4. The fraction of sp³-hybridized carbons (Fsp3) is 0.227. The topological polar surface area (TPSA) is 91.2 Å². The number of fused-ring (bicyclic) bond motifs is 3. The summed E-state index contributed by atoms with van der Waals surface area (Å²) >= 11 is 0. The quantitative estimate of drug-likeness (QED) is 0.415. The van der Waals surface area contributed by atoms with Crippen molar-refractivity contribution in [1.29, 1.82) is 0 Å². The standard InChI is InChI=1S/C22H21N3O3/c1-22(2,3)13-7-5-12(6-8-13)20-24-18-15-10-9-14(27-4)11-16(15)28-21(26)17(18)19(23)25-20/h5-11H,1-4H3,(H2,23,24,25). The zero-order chi connectivity index (χ0) is 20.1. The van der Waals surface area contributed by atoms with E-state index in [4.69, 9.17) is 14.9 Å². The third-order valence-electron chi connectivity index (χ3n) is 4.80. The molecule has 6 heteroatoms. The first-order valence-corrected chi connectivity index (χ1v) is 8.97. The minimum absolute atomic E-state index is 0.0516. The highest BCUT2D eigenvalue weighted by Gasteiger charge is 2.17. The van der Waals surface area contributed by atoms with Crippen LogP contribution >= 0.6 is 0 Å². The monoisotopic (exact) mass is 375 g/mol. The molecule has 0 saturated carbocycles. The molecule has 0 unspecified atom stereocenters. The number of benzene rings is 2. The van der Waals surface area contributed by atoms with Crippen molar-refractivity contribution in [3.8, 4) is 17.1 Å². The van der Waals surface area contributed by atoms with Gasteiger partial charge in [0.05, 0.1) is 12.6 Å². The molecule has 4 aromatic rings. The molecule has 4 rings (SSSR count). The fourth-order valence-electron chi connectivity index (χ4n) is 3.18. The van der Waals surface area contributed by atoms with E-state index in [-0.39, 0.29) is 16.6 Å². The smallest absolute Gasteiger partial charge is 0.349 e. The molecular formula is C22H21N3O3. The maximum absolute atomic E-state index is 12.4. The van der Waals surface area contributed by atoms with Gasteiger partial charge in [0.25, 0.3) is 0 Å². The van der Waals surface area contributed by atoms with E-state index < -0.39 is 5.63 Å². The largest absolute Gasteiger partial charge is 0.497 e. The van der Waals surface area contributed by atoms with Crippen molar-refractivity contribution in [3.63, 3.8) is 0 Å². The number of nitrogens with zero attached hydrogens (tertiary/aromatic N) is 2. The Bertz CT molecular complexity index is 1250. The summed E-state index contributed by atoms with van der Waals surface area (Å²) in [6.07, 6.45) is 0. The van der Waals surface area contributed by atoms with E-state index in [9.17, 15) is 4.79 Å². The molecule has 2 aromatic heterocycles. The molecule has 0 aliphatic heterocycles. The van der Waals surface area contributed by atoms with Gasteiger partial charge in [-0.1, -0.05) is 45.0 Å². The van der Waals surface area contributed by atoms with Crippen LogP contribution in [-0.4, -0.2) is 17.1 Å². The number of aromatic nitrogens is 2. The first-order valence-electron chi connectivity index (χ1n) is 8.97. The fourth-order valence-corrected chi connectivity index (χ4v) is 3.18. The van der Waals surface area contributed by atoms with Gasteiger partial charge in [0, 0.05) is 17.0 Å². The molecule has 142 valence electrons. The average molecular weight is 375 g/mol. The predicted molar refractivity (Wildman–Crippen MR) is 111 cm³/mol. The van der Waals surface area contributed by atoms with Gasteiger partial charge in [-0.15, -0.1) is 0 Å². The zero-order valence-corrected chi connectivity index (χ0v) is 16.2. The zero-order valence-electron chi connectivity index (χ0n) is 16.2. The molecule has 0 saturated heterocycles. The van der Waals surface area contributed by atoms with E-state index in [0.29, 0.717) is 28.1 Å². The number of anilines is 1. The second-order valence-electron chi connectivity index (χ2n) is 7.74. The first-order chi connectivity index (χ1) is 13.3. The van der Waals surface area contributed by atoms with Crippen LogP contribution < -0.4 is 16.1 Å². The molecule has 0 aliphatic rings. The van der Waals surface area contributed by atoms with Crippen molar-refractivity contribution < 1.29 is 9.15 Å². The molecule has 2 heterocycles. The van der Waals surface area contributed by atoms with Crippen LogP contribution in [0.1, 0.15) is 26.3 Å². The Morgan fingerprint density at radius 3 is 2.39 bits per heavy atom. The summed E-state index contributed by atoms with van der Waals surface area (Å²) in [5.41, 5.74) is 8.49. The van der Waals surface area contributed by atoms with Crippen LogP contribution in [0.4, 0.5) is 5.82 Å². The van der Waals surface area contributed by atoms with Crippen molar-refractivity contribution >= 4 is 27.7 Å². The number of hydrogen-bond donors (Lipinski definition) is 1. The Labute approximate surface area is 162 Å². The highest BCUT2D eigenvalue weighted by atomic mass is 16.5. The predicted octanol–water partition coefficient (Wildman–Crippen LogP) is 4.29. The summed E-state index contributed by atoms with van der Waals surface area (Å²) in [5, 5.41) is 0.866. The lowest BCUT2D eigenvalue weighted by Gasteiger charge is -2.19. The van der Waals surface area contributed by atoms with Gasteiger partial charge in [-0.25, -0.2) is 14.8 Å². The van der Waals surface area contributed by atoms with Crippen molar-refractivity contribution in [3.05, 3.63) is 58.4 Å². The molecule has 0 aliphatic carbocycles. The third kappa shape index (κ3) is 2.97. The average Bonchev–Trinajstić information content (AvgIpc) is 2.66. The van der Waals surface area contributed by atoms with Crippen LogP contribution in [0.5, 0.6) is 5.75 Å². The lowest BCUT2D eigenvalue weighted by molar-refractivity contribution is 0.414. The highest BCUT2D eigenvalue weighted by molar-refractivity contribution is 6.05. The maximum Gasteiger partial charge on any atom is 0.349 e.